The smallest absolute Gasteiger partial charge is 0.230 e. The number of nitrogens with zero attached hydrogens (tertiary/aromatic N) is 1. The number of hydrogen-bond acceptors (Lipinski definition) is 4. The maximum atomic E-state index is 5.91. The van der Waals surface area contributed by atoms with E-state index in [0.29, 0.717) is 23.3 Å². The van der Waals surface area contributed by atoms with Gasteiger partial charge >= 0.3 is 0 Å². The summed E-state index contributed by atoms with van der Waals surface area (Å²) < 4.78 is 10.5. The van der Waals surface area contributed by atoms with E-state index in [9.17, 15) is 0 Å². The van der Waals surface area contributed by atoms with Crippen LogP contribution in [0.4, 0.5) is 5.88 Å². The Morgan fingerprint density at radius 1 is 1.10 bits per heavy atom. The summed E-state index contributed by atoms with van der Waals surface area (Å²) in [6.45, 7) is 4.33. The molecule has 0 aliphatic rings. The summed E-state index contributed by atoms with van der Waals surface area (Å²) in [7, 11) is 0. The number of anilines is 1. The number of nitrogens with two attached hydrogens (primary N) is 1. The number of benzene rings is 1. The van der Waals surface area contributed by atoms with Crippen molar-refractivity contribution in [1.29, 1.82) is 0 Å². The van der Waals surface area contributed by atoms with E-state index in [1.807, 2.05) is 24.3 Å². The fourth-order valence-electron chi connectivity index (χ4n) is 2.20. The lowest BCUT2D eigenvalue weighted by molar-refractivity contribution is 0.436. The Morgan fingerprint density at radius 2 is 1.85 bits per heavy atom. The fraction of sp³-hybridized carbons (Fsp3) is 0.188. The van der Waals surface area contributed by atoms with E-state index in [1.54, 1.807) is 6.26 Å². The van der Waals surface area contributed by atoms with Gasteiger partial charge in [0.15, 0.2) is 11.5 Å². The first-order valence-electron chi connectivity index (χ1n) is 6.56. The summed E-state index contributed by atoms with van der Waals surface area (Å²) in [5.41, 5.74) is 9.56. The zero-order valence-corrected chi connectivity index (χ0v) is 11.5. The molecule has 0 aliphatic heterocycles. The van der Waals surface area contributed by atoms with Gasteiger partial charge in [0, 0.05) is 0 Å². The van der Waals surface area contributed by atoms with Crippen LogP contribution in [0.3, 0.4) is 0 Å². The Morgan fingerprint density at radius 3 is 2.45 bits per heavy atom. The third-order valence-corrected chi connectivity index (χ3v) is 3.34. The van der Waals surface area contributed by atoms with E-state index in [2.05, 4.69) is 31.1 Å². The highest BCUT2D eigenvalue weighted by Crippen LogP contribution is 2.36. The molecule has 0 spiro atoms. The minimum atomic E-state index is 0.300. The SMILES string of the molecule is CC(C)c1ccc(-c2c(-c3ccco3)noc2N)cc1. The maximum Gasteiger partial charge on any atom is 0.230 e. The Kier molecular flexibility index (Phi) is 3.06. The average Bonchev–Trinajstić information content (AvgIpc) is 3.07. The van der Waals surface area contributed by atoms with Crippen LogP contribution in [0, 0.1) is 0 Å². The van der Waals surface area contributed by atoms with Crippen molar-refractivity contribution in [2.24, 2.45) is 0 Å². The van der Waals surface area contributed by atoms with Crippen molar-refractivity contribution in [3.63, 3.8) is 0 Å². The Hall–Kier alpha value is -2.49. The summed E-state index contributed by atoms with van der Waals surface area (Å²) in [5, 5.41) is 4.00. The average molecular weight is 268 g/mol. The van der Waals surface area contributed by atoms with Crippen LogP contribution in [0.2, 0.25) is 0 Å². The molecular formula is C16H16N2O2. The molecule has 0 saturated heterocycles. The first kappa shape index (κ1) is 12.5. The summed E-state index contributed by atoms with van der Waals surface area (Å²) in [4.78, 5) is 0. The molecule has 0 aliphatic carbocycles. The van der Waals surface area contributed by atoms with Gasteiger partial charge in [-0.1, -0.05) is 43.3 Å². The van der Waals surface area contributed by atoms with Crippen LogP contribution >= 0.6 is 0 Å². The molecule has 3 aromatic rings. The summed E-state index contributed by atoms with van der Waals surface area (Å²) in [5.74, 6) is 1.44. The Bertz CT molecular complexity index is 695. The topological polar surface area (TPSA) is 65.2 Å². The number of nitrogen functional groups attached to an aromatic ring is 1. The van der Waals surface area contributed by atoms with Crippen LogP contribution in [0.15, 0.2) is 51.6 Å². The van der Waals surface area contributed by atoms with E-state index in [1.165, 1.54) is 5.56 Å². The number of furan rings is 1. The highest BCUT2D eigenvalue weighted by molar-refractivity contribution is 5.85. The monoisotopic (exact) mass is 268 g/mol. The third-order valence-electron chi connectivity index (χ3n) is 3.34. The summed E-state index contributed by atoms with van der Waals surface area (Å²) >= 11 is 0. The molecule has 0 atom stereocenters. The minimum absolute atomic E-state index is 0.300. The van der Waals surface area contributed by atoms with Crippen LogP contribution < -0.4 is 5.73 Å². The van der Waals surface area contributed by atoms with Crippen molar-refractivity contribution in [2.45, 2.75) is 19.8 Å². The summed E-state index contributed by atoms with van der Waals surface area (Å²) in [6, 6.07) is 11.9. The Balaban J connectivity index is 2.08. The molecule has 1 aromatic carbocycles. The Labute approximate surface area is 117 Å². The van der Waals surface area contributed by atoms with Crippen molar-refractivity contribution >= 4 is 5.88 Å². The lowest BCUT2D eigenvalue weighted by Gasteiger charge is -2.06. The van der Waals surface area contributed by atoms with E-state index in [-0.39, 0.29) is 0 Å². The molecule has 3 rings (SSSR count). The standard InChI is InChI=1S/C16H16N2O2/c1-10(2)11-5-7-12(8-6-11)14-15(18-20-16(14)17)13-4-3-9-19-13/h3-10H,17H2,1-2H3. The molecule has 2 heterocycles. The second-order valence-corrected chi connectivity index (χ2v) is 5.02. The molecule has 0 radical (unpaired) electrons. The molecule has 0 bridgehead atoms. The number of hydrogen-bond donors (Lipinski definition) is 1. The molecule has 2 N–H and O–H groups in total. The fourth-order valence-corrected chi connectivity index (χ4v) is 2.20. The van der Waals surface area contributed by atoms with E-state index < -0.39 is 0 Å². The molecule has 20 heavy (non-hydrogen) atoms. The van der Waals surface area contributed by atoms with E-state index >= 15 is 0 Å². The number of rotatable bonds is 3. The maximum absolute atomic E-state index is 5.91. The third kappa shape index (κ3) is 2.09. The number of aromatic nitrogens is 1. The van der Waals surface area contributed by atoms with E-state index in [4.69, 9.17) is 14.7 Å². The quantitative estimate of drug-likeness (QED) is 0.768. The zero-order chi connectivity index (χ0) is 14.1. The molecule has 0 fully saturated rings. The predicted octanol–water partition coefficient (Wildman–Crippen LogP) is 4.31. The van der Waals surface area contributed by atoms with Crippen LogP contribution in [-0.2, 0) is 0 Å². The van der Waals surface area contributed by atoms with Crippen LogP contribution in [-0.4, -0.2) is 5.16 Å². The van der Waals surface area contributed by atoms with E-state index in [0.717, 1.165) is 11.1 Å². The van der Waals surface area contributed by atoms with Crippen LogP contribution in [0.25, 0.3) is 22.6 Å². The van der Waals surface area contributed by atoms with Gasteiger partial charge in [0.1, 0.15) is 0 Å². The van der Waals surface area contributed by atoms with Crippen molar-refractivity contribution in [2.75, 3.05) is 5.73 Å². The van der Waals surface area contributed by atoms with Gasteiger partial charge in [-0.15, -0.1) is 0 Å². The second kappa shape index (κ2) is 4.89. The first-order valence-corrected chi connectivity index (χ1v) is 6.56. The van der Waals surface area contributed by atoms with Crippen molar-refractivity contribution in [1.82, 2.24) is 5.16 Å². The molecule has 0 saturated carbocycles. The van der Waals surface area contributed by atoms with Gasteiger partial charge in [-0.05, 0) is 29.2 Å². The van der Waals surface area contributed by atoms with Gasteiger partial charge < -0.3 is 14.7 Å². The molecule has 2 aromatic heterocycles. The molecule has 4 nitrogen and oxygen atoms in total. The van der Waals surface area contributed by atoms with Gasteiger partial charge in [0.2, 0.25) is 5.88 Å². The van der Waals surface area contributed by atoms with Gasteiger partial charge in [0.25, 0.3) is 0 Å². The molecular weight excluding hydrogens is 252 g/mol. The lowest BCUT2D eigenvalue weighted by Crippen LogP contribution is -1.90. The highest BCUT2D eigenvalue weighted by atomic mass is 16.5. The van der Waals surface area contributed by atoms with Gasteiger partial charge in [-0.2, -0.15) is 0 Å². The summed E-state index contributed by atoms with van der Waals surface area (Å²) in [6.07, 6.45) is 1.60. The molecule has 102 valence electrons. The normalized spacial score (nSPS) is 11.2. The highest BCUT2D eigenvalue weighted by Gasteiger charge is 2.19. The lowest BCUT2D eigenvalue weighted by atomic mass is 9.98. The molecule has 0 amide bonds. The molecule has 4 heteroatoms. The van der Waals surface area contributed by atoms with Crippen LogP contribution in [0.5, 0.6) is 0 Å². The van der Waals surface area contributed by atoms with Crippen molar-refractivity contribution in [3.8, 4) is 22.6 Å². The predicted molar refractivity (Wildman–Crippen MR) is 78.1 cm³/mol. The van der Waals surface area contributed by atoms with Crippen molar-refractivity contribution in [3.05, 3.63) is 48.2 Å². The largest absolute Gasteiger partial charge is 0.463 e. The minimum Gasteiger partial charge on any atom is -0.463 e. The van der Waals surface area contributed by atoms with Crippen molar-refractivity contribution < 1.29 is 8.94 Å². The first-order chi connectivity index (χ1) is 9.66. The van der Waals surface area contributed by atoms with Gasteiger partial charge in [-0.25, -0.2) is 0 Å². The van der Waals surface area contributed by atoms with Crippen LogP contribution in [0.1, 0.15) is 25.3 Å². The zero-order valence-electron chi connectivity index (χ0n) is 11.5. The second-order valence-electron chi connectivity index (χ2n) is 5.02. The van der Waals surface area contributed by atoms with Gasteiger partial charge in [0.05, 0.1) is 11.8 Å². The molecule has 0 unspecified atom stereocenters. The van der Waals surface area contributed by atoms with Gasteiger partial charge in [-0.3, -0.25) is 0 Å².